The van der Waals surface area contributed by atoms with Gasteiger partial charge < -0.3 is 9.47 Å². The second-order valence-corrected chi connectivity index (χ2v) is 8.52. The molecule has 1 aromatic heterocycles. The number of nitrogens with zero attached hydrogens (tertiary/aromatic N) is 2. The molecule has 0 bridgehead atoms. The highest BCUT2D eigenvalue weighted by Crippen LogP contribution is 2.42. The Bertz CT molecular complexity index is 1040. The van der Waals surface area contributed by atoms with Crippen molar-refractivity contribution in [2.24, 2.45) is 0 Å². The van der Waals surface area contributed by atoms with Crippen molar-refractivity contribution in [3.63, 3.8) is 0 Å². The molecule has 0 N–H and O–H groups in total. The zero-order valence-electron chi connectivity index (χ0n) is 15.9. The Balaban J connectivity index is 2.05. The normalized spacial score (nSPS) is 16.2. The van der Waals surface area contributed by atoms with Gasteiger partial charge in [-0.25, -0.2) is 14.8 Å². The van der Waals surface area contributed by atoms with E-state index in [1.807, 2.05) is 48.5 Å². The van der Waals surface area contributed by atoms with Gasteiger partial charge in [0.2, 0.25) is 10.9 Å². The van der Waals surface area contributed by atoms with E-state index in [0.717, 1.165) is 28.2 Å². The van der Waals surface area contributed by atoms with Crippen molar-refractivity contribution in [3.8, 4) is 0 Å². The van der Waals surface area contributed by atoms with E-state index < -0.39 is 11.6 Å². The minimum atomic E-state index is -1.52. The van der Waals surface area contributed by atoms with E-state index in [2.05, 4.69) is 32.6 Å². The third kappa shape index (κ3) is 3.85. The molecule has 1 aliphatic carbocycles. The number of rotatable bonds is 6. The first-order valence-electron chi connectivity index (χ1n) is 9.58. The van der Waals surface area contributed by atoms with Crippen LogP contribution in [0.2, 0.25) is 5.28 Å². The average Bonchev–Trinajstić information content (AvgIpc) is 2.68. The number of fused-ring (bicyclic) bond motifs is 1. The van der Waals surface area contributed by atoms with Crippen LogP contribution in [0.15, 0.2) is 48.5 Å². The van der Waals surface area contributed by atoms with Gasteiger partial charge in [-0.1, -0.05) is 30.3 Å². The number of benzene rings is 2. The van der Waals surface area contributed by atoms with E-state index in [1.165, 1.54) is 0 Å². The molecule has 29 heavy (non-hydrogen) atoms. The quantitative estimate of drug-likeness (QED) is 0.251. The van der Waals surface area contributed by atoms with Crippen LogP contribution in [0.3, 0.4) is 0 Å². The molecule has 0 spiro atoms. The fourth-order valence-electron chi connectivity index (χ4n) is 3.51. The summed E-state index contributed by atoms with van der Waals surface area (Å²) in [6.07, 6.45) is 2.80. The van der Waals surface area contributed by atoms with Crippen LogP contribution < -0.4 is 0 Å². The molecule has 1 atom stereocenters. The van der Waals surface area contributed by atoms with E-state index in [0.29, 0.717) is 16.8 Å². The molecule has 1 saturated carbocycles. The van der Waals surface area contributed by atoms with Gasteiger partial charge in [-0.15, -0.1) is 0 Å². The van der Waals surface area contributed by atoms with Gasteiger partial charge in [0, 0.05) is 14.5 Å². The number of esters is 1. The van der Waals surface area contributed by atoms with E-state index in [1.54, 1.807) is 6.92 Å². The molecule has 1 aliphatic rings. The second kappa shape index (κ2) is 8.53. The molecular weight excluding hydrogens is 503 g/mol. The molecule has 4 rings (SSSR count). The Morgan fingerprint density at radius 3 is 2.62 bits per heavy atom. The lowest BCUT2D eigenvalue weighted by atomic mass is 9.85. The summed E-state index contributed by atoms with van der Waals surface area (Å²) in [7, 11) is 0. The van der Waals surface area contributed by atoms with Crippen molar-refractivity contribution in [2.45, 2.75) is 37.9 Å². The first kappa shape index (κ1) is 20.5. The van der Waals surface area contributed by atoms with Gasteiger partial charge in [0.15, 0.2) is 0 Å². The smallest absolute Gasteiger partial charge is 0.349 e. The predicted molar refractivity (Wildman–Crippen MR) is 120 cm³/mol. The number of carbonyl (C=O) groups excluding carboxylic acids is 1. The Hall–Kier alpha value is -1.77. The lowest BCUT2D eigenvalue weighted by Crippen LogP contribution is -2.46. The molecule has 0 aliphatic heterocycles. The molecule has 150 valence electrons. The van der Waals surface area contributed by atoms with E-state index in [9.17, 15) is 4.79 Å². The van der Waals surface area contributed by atoms with Crippen LogP contribution in [0.25, 0.3) is 10.9 Å². The van der Waals surface area contributed by atoms with Gasteiger partial charge >= 0.3 is 5.97 Å². The summed E-state index contributed by atoms with van der Waals surface area (Å²) < 4.78 is 13.1. The zero-order valence-corrected chi connectivity index (χ0v) is 18.8. The van der Waals surface area contributed by atoms with Crippen molar-refractivity contribution < 1.29 is 14.3 Å². The van der Waals surface area contributed by atoms with Gasteiger partial charge in [-0.3, -0.25) is 0 Å². The van der Waals surface area contributed by atoms with Crippen molar-refractivity contribution in [3.05, 3.63) is 68.6 Å². The lowest BCUT2D eigenvalue weighted by molar-refractivity contribution is -0.180. The second-order valence-electron chi connectivity index (χ2n) is 6.94. The molecule has 0 amide bonds. The minimum Gasteiger partial charge on any atom is -0.463 e. The fourth-order valence-corrected chi connectivity index (χ4v) is 4.17. The topological polar surface area (TPSA) is 61.3 Å². The molecule has 3 aromatic rings. The zero-order chi connectivity index (χ0) is 20.4. The van der Waals surface area contributed by atoms with Crippen LogP contribution in [0, 0.1) is 3.57 Å². The van der Waals surface area contributed by atoms with Crippen LogP contribution in [0.4, 0.5) is 0 Å². The average molecular weight is 523 g/mol. The molecular formula is C22H20ClIN2O3. The largest absolute Gasteiger partial charge is 0.463 e. The Labute approximate surface area is 187 Å². The third-order valence-corrected chi connectivity index (χ3v) is 5.94. The van der Waals surface area contributed by atoms with Gasteiger partial charge in [-0.2, -0.15) is 0 Å². The molecule has 7 heteroatoms. The van der Waals surface area contributed by atoms with Crippen LogP contribution in [0.1, 0.15) is 37.4 Å². The number of carbonyl (C=O) groups is 1. The van der Waals surface area contributed by atoms with Crippen LogP contribution in [-0.4, -0.2) is 28.6 Å². The first-order valence-corrected chi connectivity index (χ1v) is 11.0. The lowest BCUT2D eigenvalue weighted by Gasteiger charge is -2.38. The number of halogens is 2. The summed E-state index contributed by atoms with van der Waals surface area (Å²) in [5, 5.41) is 0.785. The molecule has 2 aromatic carbocycles. The van der Waals surface area contributed by atoms with E-state index in [4.69, 9.17) is 21.1 Å². The Morgan fingerprint density at radius 2 is 1.97 bits per heavy atom. The van der Waals surface area contributed by atoms with Gasteiger partial charge in [0.25, 0.3) is 0 Å². The monoisotopic (exact) mass is 522 g/mol. The van der Waals surface area contributed by atoms with Gasteiger partial charge in [0.05, 0.1) is 18.2 Å². The van der Waals surface area contributed by atoms with Crippen LogP contribution in [0.5, 0.6) is 0 Å². The number of hydrogen-bond donors (Lipinski definition) is 0. The molecule has 1 fully saturated rings. The Morgan fingerprint density at radius 1 is 1.21 bits per heavy atom. The van der Waals surface area contributed by atoms with Crippen molar-refractivity contribution in [1.82, 2.24) is 9.97 Å². The summed E-state index contributed by atoms with van der Waals surface area (Å²) >= 11 is 8.52. The van der Waals surface area contributed by atoms with E-state index >= 15 is 0 Å². The SMILES string of the molecule is CCOC(=O)C(OC1CCC1)(c1ccccc1)c1nc(Cl)nc2ccc(I)cc12. The highest BCUT2D eigenvalue weighted by Gasteiger charge is 2.50. The fraction of sp³-hybridized carbons (Fsp3) is 0.318. The molecule has 0 saturated heterocycles. The first-order chi connectivity index (χ1) is 14.0. The molecule has 1 unspecified atom stereocenters. The highest BCUT2D eigenvalue weighted by molar-refractivity contribution is 14.1. The highest BCUT2D eigenvalue weighted by atomic mass is 127. The van der Waals surface area contributed by atoms with Crippen molar-refractivity contribution in [2.75, 3.05) is 6.61 Å². The summed E-state index contributed by atoms with van der Waals surface area (Å²) in [4.78, 5) is 22.4. The summed E-state index contributed by atoms with van der Waals surface area (Å²) in [6, 6.07) is 15.1. The number of ether oxygens (including phenoxy) is 2. The third-order valence-electron chi connectivity index (χ3n) is 5.10. The standard InChI is InChI=1S/C22H20ClIN2O3/c1-2-28-20(27)22(29-16-9-6-10-16,14-7-4-3-5-8-14)19-17-13-15(24)11-12-18(17)25-21(23)26-19/h3-5,7-8,11-13,16H,2,6,9-10H2,1H3. The Kier molecular flexibility index (Phi) is 6.03. The van der Waals surface area contributed by atoms with Gasteiger partial charge in [-0.05, 0) is 78.6 Å². The number of hydrogen-bond acceptors (Lipinski definition) is 5. The maximum absolute atomic E-state index is 13.5. The van der Waals surface area contributed by atoms with Crippen LogP contribution in [-0.2, 0) is 19.9 Å². The van der Waals surface area contributed by atoms with Crippen LogP contribution >= 0.6 is 34.2 Å². The predicted octanol–water partition coefficient (Wildman–Crippen LogP) is 5.26. The van der Waals surface area contributed by atoms with Crippen molar-refractivity contribution in [1.29, 1.82) is 0 Å². The summed E-state index contributed by atoms with van der Waals surface area (Å²) in [6.45, 7) is 2.01. The summed E-state index contributed by atoms with van der Waals surface area (Å²) in [5.74, 6) is -0.493. The maximum Gasteiger partial charge on any atom is 0.349 e. The maximum atomic E-state index is 13.5. The van der Waals surface area contributed by atoms with E-state index in [-0.39, 0.29) is 18.0 Å². The molecule has 5 nitrogen and oxygen atoms in total. The minimum absolute atomic E-state index is 0.0498. The molecule has 1 heterocycles. The summed E-state index contributed by atoms with van der Waals surface area (Å²) in [5.41, 5.74) is 0.225. The molecule has 0 radical (unpaired) electrons. The number of aromatic nitrogens is 2. The van der Waals surface area contributed by atoms with Crippen molar-refractivity contribution >= 4 is 51.1 Å². The van der Waals surface area contributed by atoms with Gasteiger partial charge in [0.1, 0.15) is 5.69 Å².